The number of benzene rings is 1. The third-order valence-electron chi connectivity index (χ3n) is 3.89. The molecule has 0 radical (unpaired) electrons. The van der Waals surface area contributed by atoms with E-state index in [2.05, 4.69) is 10.3 Å². The van der Waals surface area contributed by atoms with Crippen molar-refractivity contribution in [2.24, 2.45) is 0 Å². The molecule has 6 heteroatoms. The summed E-state index contributed by atoms with van der Waals surface area (Å²) in [5, 5.41) is 2.92. The van der Waals surface area contributed by atoms with Crippen LogP contribution in [0, 0.1) is 6.92 Å². The maximum absolute atomic E-state index is 12.0. The molecule has 1 unspecified atom stereocenters. The number of aromatic nitrogens is 1. The van der Waals surface area contributed by atoms with Crippen molar-refractivity contribution in [1.82, 2.24) is 4.98 Å². The molecule has 3 rings (SSSR count). The average Bonchev–Trinajstić information content (AvgIpc) is 3.03. The van der Waals surface area contributed by atoms with Gasteiger partial charge in [0.05, 0.1) is 18.1 Å². The van der Waals surface area contributed by atoms with Gasteiger partial charge < -0.3 is 14.5 Å². The number of oxazole rings is 1. The minimum absolute atomic E-state index is 0.0130. The zero-order valence-electron chi connectivity index (χ0n) is 13.8. The number of aryl methyl sites for hydroxylation is 1. The van der Waals surface area contributed by atoms with E-state index in [1.165, 1.54) is 6.42 Å². The highest BCUT2D eigenvalue weighted by Crippen LogP contribution is 2.22. The summed E-state index contributed by atoms with van der Waals surface area (Å²) in [5.74, 6) is 2.72. The first-order valence-corrected chi connectivity index (χ1v) is 9.38. The van der Waals surface area contributed by atoms with E-state index in [1.807, 2.05) is 31.2 Å². The Labute approximate surface area is 146 Å². The van der Waals surface area contributed by atoms with Crippen molar-refractivity contribution in [2.75, 3.05) is 23.4 Å². The molecule has 1 fully saturated rings. The molecule has 0 aliphatic carbocycles. The highest BCUT2D eigenvalue weighted by molar-refractivity contribution is 8.00. The fourth-order valence-corrected chi connectivity index (χ4v) is 3.53. The van der Waals surface area contributed by atoms with E-state index in [0.717, 1.165) is 42.2 Å². The largest absolute Gasteiger partial charge is 0.441 e. The maximum atomic E-state index is 12.0. The van der Waals surface area contributed by atoms with Crippen molar-refractivity contribution in [2.45, 2.75) is 32.3 Å². The molecule has 1 aromatic carbocycles. The van der Waals surface area contributed by atoms with Crippen molar-refractivity contribution in [3.63, 3.8) is 0 Å². The standard InChI is InChI=1S/C18H22N2O3S/c1-13-19-10-17(23-13)14-5-7-15(8-6-14)20-18(21)12-24-11-16-4-2-3-9-22-16/h5-8,10,16H,2-4,9,11-12H2,1H3,(H,20,21). The molecule has 1 atom stereocenters. The summed E-state index contributed by atoms with van der Waals surface area (Å²) >= 11 is 1.63. The zero-order chi connectivity index (χ0) is 16.8. The summed E-state index contributed by atoms with van der Waals surface area (Å²) in [6.45, 7) is 2.67. The van der Waals surface area contributed by atoms with E-state index in [9.17, 15) is 4.79 Å². The van der Waals surface area contributed by atoms with Crippen molar-refractivity contribution >= 4 is 23.4 Å². The summed E-state index contributed by atoms with van der Waals surface area (Å²) in [4.78, 5) is 16.1. The van der Waals surface area contributed by atoms with Gasteiger partial charge in [-0.3, -0.25) is 4.79 Å². The van der Waals surface area contributed by atoms with Crippen LogP contribution in [0.3, 0.4) is 0 Å². The van der Waals surface area contributed by atoms with Crippen LogP contribution in [-0.2, 0) is 9.53 Å². The average molecular weight is 346 g/mol. The maximum Gasteiger partial charge on any atom is 0.234 e. The van der Waals surface area contributed by atoms with E-state index in [-0.39, 0.29) is 5.91 Å². The zero-order valence-corrected chi connectivity index (χ0v) is 14.6. The van der Waals surface area contributed by atoms with Crippen LogP contribution >= 0.6 is 11.8 Å². The van der Waals surface area contributed by atoms with Gasteiger partial charge in [0.1, 0.15) is 0 Å². The Kier molecular flexibility index (Phi) is 5.93. The first-order valence-electron chi connectivity index (χ1n) is 8.23. The van der Waals surface area contributed by atoms with Crippen LogP contribution in [0.5, 0.6) is 0 Å². The molecule has 1 aliphatic rings. The van der Waals surface area contributed by atoms with Gasteiger partial charge in [0.25, 0.3) is 0 Å². The Balaban J connectivity index is 1.44. The lowest BCUT2D eigenvalue weighted by Gasteiger charge is -2.21. The third kappa shape index (κ3) is 4.85. The van der Waals surface area contributed by atoms with Gasteiger partial charge in [-0.05, 0) is 43.5 Å². The van der Waals surface area contributed by atoms with Crippen LogP contribution in [0.1, 0.15) is 25.2 Å². The molecular weight excluding hydrogens is 324 g/mol. The Bertz CT molecular complexity index is 663. The highest BCUT2D eigenvalue weighted by Gasteiger charge is 2.14. The number of amides is 1. The van der Waals surface area contributed by atoms with Crippen LogP contribution in [-0.4, -0.2) is 35.1 Å². The van der Waals surface area contributed by atoms with E-state index in [1.54, 1.807) is 18.0 Å². The van der Waals surface area contributed by atoms with E-state index in [0.29, 0.717) is 17.7 Å². The fraction of sp³-hybridized carbons (Fsp3) is 0.444. The van der Waals surface area contributed by atoms with Gasteiger partial charge in [0, 0.05) is 30.5 Å². The molecule has 1 saturated heterocycles. The van der Waals surface area contributed by atoms with Crippen LogP contribution in [0.4, 0.5) is 5.69 Å². The van der Waals surface area contributed by atoms with Crippen molar-refractivity contribution < 1.29 is 13.9 Å². The molecule has 0 bridgehead atoms. The van der Waals surface area contributed by atoms with Gasteiger partial charge >= 0.3 is 0 Å². The predicted octanol–water partition coefficient (Wildman–Crippen LogP) is 3.89. The second-order valence-electron chi connectivity index (χ2n) is 5.87. The number of thioether (sulfide) groups is 1. The Hall–Kier alpha value is -1.79. The van der Waals surface area contributed by atoms with E-state index < -0.39 is 0 Å². The lowest BCUT2D eigenvalue weighted by molar-refractivity contribution is -0.113. The molecule has 2 aromatic rings. The summed E-state index contributed by atoms with van der Waals surface area (Å²) in [6.07, 6.45) is 5.50. The summed E-state index contributed by atoms with van der Waals surface area (Å²) in [7, 11) is 0. The Morgan fingerprint density at radius 2 is 2.17 bits per heavy atom. The Morgan fingerprint density at radius 3 is 2.83 bits per heavy atom. The molecule has 24 heavy (non-hydrogen) atoms. The number of hydrogen-bond donors (Lipinski definition) is 1. The molecule has 1 amide bonds. The van der Waals surface area contributed by atoms with Crippen molar-refractivity contribution in [3.8, 4) is 11.3 Å². The van der Waals surface area contributed by atoms with Gasteiger partial charge in [0.15, 0.2) is 11.7 Å². The molecule has 1 aliphatic heterocycles. The minimum Gasteiger partial charge on any atom is -0.441 e. The van der Waals surface area contributed by atoms with Gasteiger partial charge in [-0.2, -0.15) is 0 Å². The van der Waals surface area contributed by atoms with Gasteiger partial charge in [-0.15, -0.1) is 11.8 Å². The monoisotopic (exact) mass is 346 g/mol. The van der Waals surface area contributed by atoms with Crippen LogP contribution in [0.2, 0.25) is 0 Å². The lowest BCUT2D eigenvalue weighted by Crippen LogP contribution is -2.22. The van der Waals surface area contributed by atoms with Gasteiger partial charge in [0.2, 0.25) is 5.91 Å². The second kappa shape index (κ2) is 8.35. The lowest BCUT2D eigenvalue weighted by atomic mass is 10.1. The molecule has 128 valence electrons. The number of carbonyl (C=O) groups is 1. The number of nitrogens with zero attached hydrogens (tertiary/aromatic N) is 1. The van der Waals surface area contributed by atoms with E-state index >= 15 is 0 Å². The molecule has 0 saturated carbocycles. The number of hydrogen-bond acceptors (Lipinski definition) is 5. The van der Waals surface area contributed by atoms with Crippen LogP contribution < -0.4 is 5.32 Å². The number of ether oxygens (including phenoxy) is 1. The molecule has 0 spiro atoms. The van der Waals surface area contributed by atoms with Gasteiger partial charge in [-0.1, -0.05) is 0 Å². The molecule has 1 N–H and O–H groups in total. The minimum atomic E-state index is 0.0130. The molecule has 1 aromatic heterocycles. The van der Waals surface area contributed by atoms with Crippen LogP contribution in [0.25, 0.3) is 11.3 Å². The number of carbonyl (C=O) groups excluding carboxylic acids is 1. The first kappa shape index (κ1) is 17.0. The van der Waals surface area contributed by atoms with Crippen LogP contribution in [0.15, 0.2) is 34.9 Å². The number of nitrogens with one attached hydrogen (secondary N) is 1. The summed E-state index contributed by atoms with van der Waals surface area (Å²) < 4.78 is 11.2. The molecular formula is C18H22N2O3S. The van der Waals surface area contributed by atoms with Crippen molar-refractivity contribution in [3.05, 3.63) is 36.4 Å². The molecule has 2 heterocycles. The molecule has 5 nitrogen and oxygen atoms in total. The first-order chi connectivity index (χ1) is 11.7. The smallest absolute Gasteiger partial charge is 0.234 e. The number of anilines is 1. The summed E-state index contributed by atoms with van der Waals surface area (Å²) in [6, 6.07) is 7.58. The summed E-state index contributed by atoms with van der Waals surface area (Å²) in [5.41, 5.74) is 1.73. The van der Waals surface area contributed by atoms with Crippen molar-refractivity contribution in [1.29, 1.82) is 0 Å². The number of rotatable bonds is 6. The highest BCUT2D eigenvalue weighted by atomic mass is 32.2. The SMILES string of the molecule is Cc1ncc(-c2ccc(NC(=O)CSCC3CCCCO3)cc2)o1. The topological polar surface area (TPSA) is 64.4 Å². The van der Waals surface area contributed by atoms with E-state index in [4.69, 9.17) is 9.15 Å². The predicted molar refractivity (Wildman–Crippen MR) is 96.2 cm³/mol. The second-order valence-corrected chi connectivity index (χ2v) is 6.90. The normalized spacial score (nSPS) is 17.6. The quantitative estimate of drug-likeness (QED) is 0.859. The third-order valence-corrected chi connectivity index (χ3v) is 4.96. The Morgan fingerprint density at radius 1 is 1.33 bits per heavy atom. The fourth-order valence-electron chi connectivity index (χ4n) is 2.63. The van der Waals surface area contributed by atoms with Gasteiger partial charge in [-0.25, -0.2) is 4.98 Å².